The van der Waals surface area contributed by atoms with Gasteiger partial charge in [-0.1, -0.05) is 39.0 Å². The summed E-state index contributed by atoms with van der Waals surface area (Å²) in [4.78, 5) is 19.5. The number of carbonyl (C=O) groups excluding carboxylic acids is 1. The Morgan fingerprint density at radius 1 is 1.19 bits per heavy atom. The molecule has 3 rings (SSSR count). The molecule has 1 fully saturated rings. The molecular weight excluding hydrogens is 395 g/mol. The van der Waals surface area contributed by atoms with E-state index in [9.17, 15) is 9.18 Å². The molecule has 31 heavy (non-hydrogen) atoms. The number of carbonyl (C=O) groups is 1. The minimum absolute atomic E-state index is 0.106. The second kappa shape index (κ2) is 9.98. The standard InChI is InChI=1S/C24H33FN4O2/c1-17-8-7-11-22(26-17)29-14-12-18(13-15-29)27-23(30)28-21(24(2,3)4)16-31-20-10-6-5-9-19(20)25/h5-11,18,21H,12-16H2,1-4H3,(H2,27,28,30). The summed E-state index contributed by atoms with van der Waals surface area (Å²) in [6.45, 7) is 9.95. The van der Waals surface area contributed by atoms with E-state index in [2.05, 4.69) is 20.5 Å². The highest BCUT2D eigenvalue weighted by Gasteiger charge is 2.29. The van der Waals surface area contributed by atoms with Crippen molar-refractivity contribution < 1.29 is 13.9 Å². The molecule has 2 aromatic rings. The fourth-order valence-corrected chi connectivity index (χ4v) is 3.59. The smallest absolute Gasteiger partial charge is 0.315 e. The quantitative estimate of drug-likeness (QED) is 0.720. The summed E-state index contributed by atoms with van der Waals surface area (Å²) in [5, 5.41) is 6.11. The van der Waals surface area contributed by atoms with E-state index >= 15 is 0 Å². The molecule has 1 aliphatic rings. The summed E-state index contributed by atoms with van der Waals surface area (Å²) >= 11 is 0. The van der Waals surface area contributed by atoms with Crippen LogP contribution in [0.3, 0.4) is 0 Å². The number of hydrogen-bond acceptors (Lipinski definition) is 4. The summed E-state index contributed by atoms with van der Waals surface area (Å²) in [5.74, 6) is 0.770. The Hall–Kier alpha value is -2.83. The number of halogens is 1. The molecule has 1 aromatic heterocycles. The maximum Gasteiger partial charge on any atom is 0.315 e. The Labute approximate surface area is 184 Å². The van der Waals surface area contributed by atoms with Gasteiger partial charge in [-0.2, -0.15) is 0 Å². The first-order valence-corrected chi connectivity index (χ1v) is 10.9. The number of anilines is 1. The van der Waals surface area contributed by atoms with Gasteiger partial charge in [-0.15, -0.1) is 0 Å². The first-order chi connectivity index (χ1) is 14.7. The van der Waals surface area contributed by atoms with Gasteiger partial charge in [0.15, 0.2) is 11.6 Å². The molecule has 1 aliphatic heterocycles. The number of ether oxygens (including phenoxy) is 1. The van der Waals surface area contributed by atoms with Gasteiger partial charge < -0.3 is 20.3 Å². The van der Waals surface area contributed by atoms with Crippen LogP contribution in [-0.2, 0) is 0 Å². The van der Waals surface area contributed by atoms with Crippen LogP contribution in [0.2, 0.25) is 0 Å². The second-order valence-electron chi connectivity index (χ2n) is 9.18. The normalized spacial score (nSPS) is 16.0. The zero-order valence-corrected chi connectivity index (χ0v) is 18.8. The van der Waals surface area contributed by atoms with Crippen molar-refractivity contribution in [1.82, 2.24) is 15.6 Å². The average Bonchev–Trinajstić information content (AvgIpc) is 2.72. The van der Waals surface area contributed by atoms with Gasteiger partial charge in [-0.25, -0.2) is 14.2 Å². The van der Waals surface area contributed by atoms with Crippen LogP contribution in [0.4, 0.5) is 15.0 Å². The Bertz CT molecular complexity index is 876. The lowest BCUT2D eigenvalue weighted by atomic mass is 9.87. The van der Waals surface area contributed by atoms with Gasteiger partial charge in [0.1, 0.15) is 12.4 Å². The van der Waals surface area contributed by atoms with Gasteiger partial charge in [0, 0.05) is 24.8 Å². The molecule has 2 N–H and O–H groups in total. The molecule has 6 nitrogen and oxygen atoms in total. The van der Waals surface area contributed by atoms with Crippen molar-refractivity contribution in [3.63, 3.8) is 0 Å². The van der Waals surface area contributed by atoms with Gasteiger partial charge in [0.2, 0.25) is 0 Å². The molecule has 0 spiro atoms. The molecular formula is C24H33FN4O2. The number of piperidine rings is 1. The summed E-state index contributed by atoms with van der Waals surface area (Å²) in [7, 11) is 0. The summed E-state index contributed by atoms with van der Waals surface area (Å²) in [5.41, 5.74) is 0.756. The molecule has 168 valence electrons. The maximum absolute atomic E-state index is 13.9. The van der Waals surface area contributed by atoms with Crippen molar-refractivity contribution in [3.8, 4) is 5.75 Å². The first-order valence-electron chi connectivity index (χ1n) is 10.9. The number of benzene rings is 1. The van der Waals surface area contributed by atoms with Gasteiger partial charge in [-0.05, 0) is 49.4 Å². The Kier molecular flexibility index (Phi) is 7.36. The summed E-state index contributed by atoms with van der Waals surface area (Å²) < 4.78 is 19.5. The third kappa shape index (κ3) is 6.57. The van der Waals surface area contributed by atoms with Crippen LogP contribution in [0.15, 0.2) is 42.5 Å². The highest BCUT2D eigenvalue weighted by molar-refractivity contribution is 5.74. The molecule has 0 bridgehead atoms. The number of nitrogens with zero attached hydrogens (tertiary/aromatic N) is 2. The monoisotopic (exact) mass is 428 g/mol. The van der Waals surface area contributed by atoms with E-state index in [0.29, 0.717) is 0 Å². The van der Waals surface area contributed by atoms with E-state index in [0.717, 1.165) is 37.4 Å². The number of aromatic nitrogens is 1. The number of pyridine rings is 1. The predicted octanol–water partition coefficient (Wildman–Crippen LogP) is 4.29. The SMILES string of the molecule is Cc1cccc(N2CCC(NC(=O)NC(COc3ccccc3F)C(C)(C)C)CC2)n1. The topological polar surface area (TPSA) is 66.5 Å². The first kappa shape index (κ1) is 22.8. The third-order valence-electron chi connectivity index (χ3n) is 5.62. The predicted molar refractivity (Wildman–Crippen MR) is 121 cm³/mol. The molecule has 1 atom stereocenters. The highest BCUT2D eigenvalue weighted by atomic mass is 19.1. The Morgan fingerprint density at radius 3 is 2.55 bits per heavy atom. The average molecular weight is 429 g/mol. The second-order valence-corrected chi connectivity index (χ2v) is 9.18. The molecule has 0 radical (unpaired) electrons. The lowest BCUT2D eigenvalue weighted by Crippen LogP contribution is -2.54. The van der Waals surface area contributed by atoms with Crippen molar-refractivity contribution in [3.05, 3.63) is 54.0 Å². The molecule has 2 amide bonds. The van der Waals surface area contributed by atoms with Gasteiger partial charge in [0.05, 0.1) is 6.04 Å². The van der Waals surface area contributed by atoms with Crippen molar-refractivity contribution in [2.45, 2.75) is 52.6 Å². The molecule has 0 aliphatic carbocycles. The lowest BCUT2D eigenvalue weighted by Gasteiger charge is -2.35. The molecule has 1 saturated heterocycles. The third-order valence-corrected chi connectivity index (χ3v) is 5.62. The molecule has 0 saturated carbocycles. The fraction of sp³-hybridized carbons (Fsp3) is 0.500. The van der Waals surface area contributed by atoms with E-state index in [1.165, 1.54) is 6.07 Å². The minimum Gasteiger partial charge on any atom is -0.488 e. The number of aryl methyl sites for hydroxylation is 1. The Morgan fingerprint density at radius 2 is 1.90 bits per heavy atom. The molecule has 2 heterocycles. The number of hydrogen-bond donors (Lipinski definition) is 2. The number of rotatable bonds is 6. The number of amides is 2. The Balaban J connectivity index is 1.50. The van der Waals surface area contributed by atoms with Crippen molar-refractivity contribution in [2.24, 2.45) is 5.41 Å². The zero-order valence-electron chi connectivity index (χ0n) is 18.8. The summed E-state index contributed by atoms with van der Waals surface area (Å²) in [6, 6.07) is 11.9. The van der Waals surface area contributed by atoms with Crippen LogP contribution >= 0.6 is 0 Å². The van der Waals surface area contributed by atoms with E-state index in [1.807, 2.05) is 45.9 Å². The van der Waals surface area contributed by atoms with Crippen LogP contribution < -0.4 is 20.3 Å². The van der Waals surface area contributed by atoms with E-state index < -0.39 is 5.82 Å². The van der Waals surface area contributed by atoms with Crippen molar-refractivity contribution >= 4 is 11.8 Å². The van der Waals surface area contributed by atoms with Gasteiger partial charge >= 0.3 is 6.03 Å². The zero-order chi connectivity index (χ0) is 22.4. The maximum atomic E-state index is 13.9. The molecule has 1 aromatic carbocycles. The largest absolute Gasteiger partial charge is 0.488 e. The van der Waals surface area contributed by atoms with Crippen LogP contribution in [0.5, 0.6) is 5.75 Å². The van der Waals surface area contributed by atoms with Gasteiger partial charge in [-0.3, -0.25) is 0 Å². The highest BCUT2D eigenvalue weighted by Crippen LogP contribution is 2.23. The van der Waals surface area contributed by atoms with Crippen molar-refractivity contribution in [1.29, 1.82) is 0 Å². The van der Waals surface area contributed by atoms with Crippen LogP contribution in [0.25, 0.3) is 0 Å². The molecule has 7 heteroatoms. The number of urea groups is 1. The number of para-hydroxylation sites is 1. The van der Waals surface area contributed by atoms with Crippen molar-refractivity contribution in [2.75, 3.05) is 24.6 Å². The van der Waals surface area contributed by atoms with Crippen LogP contribution in [0.1, 0.15) is 39.3 Å². The van der Waals surface area contributed by atoms with Crippen LogP contribution in [0, 0.1) is 18.2 Å². The summed E-state index contributed by atoms with van der Waals surface area (Å²) in [6.07, 6.45) is 1.71. The van der Waals surface area contributed by atoms with E-state index in [1.54, 1.807) is 18.2 Å². The van der Waals surface area contributed by atoms with E-state index in [-0.39, 0.29) is 35.9 Å². The van der Waals surface area contributed by atoms with E-state index in [4.69, 9.17) is 4.74 Å². The fourth-order valence-electron chi connectivity index (χ4n) is 3.59. The number of nitrogens with one attached hydrogen (secondary N) is 2. The molecule has 1 unspecified atom stereocenters. The van der Waals surface area contributed by atoms with Crippen LogP contribution in [-0.4, -0.2) is 42.8 Å². The lowest BCUT2D eigenvalue weighted by molar-refractivity contribution is 0.165. The minimum atomic E-state index is -0.408. The van der Waals surface area contributed by atoms with Gasteiger partial charge in [0.25, 0.3) is 0 Å².